The van der Waals surface area contributed by atoms with Gasteiger partial charge in [-0.25, -0.2) is 0 Å². The monoisotopic (exact) mass is 287 g/mol. The molecular formula is C17H21NOS. The van der Waals surface area contributed by atoms with Crippen molar-refractivity contribution in [2.45, 2.75) is 19.4 Å². The van der Waals surface area contributed by atoms with Crippen LogP contribution in [-0.2, 0) is 6.54 Å². The number of hydrogen-bond donors (Lipinski definition) is 2. The van der Waals surface area contributed by atoms with Crippen LogP contribution in [0.5, 0.6) is 5.75 Å². The summed E-state index contributed by atoms with van der Waals surface area (Å²) in [4.78, 5) is 0. The molecule has 1 aliphatic heterocycles. The molecule has 2 aromatic rings. The topological polar surface area (TPSA) is 32.3 Å². The van der Waals surface area contributed by atoms with E-state index in [0.717, 1.165) is 30.0 Å². The molecule has 0 saturated carbocycles. The van der Waals surface area contributed by atoms with Gasteiger partial charge in [-0.1, -0.05) is 30.3 Å². The van der Waals surface area contributed by atoms with Crippen LogP contribution in [0.1, 0.15) is 18.4 Å². The number of phenols is 1. The molecule has 20 heavy (non-hydrogen) atoms. The van der Waals surface area contributed by atoms with Gasteiger partial charge in [-0.3, -0.25) is 0 Å². The van der Waals surface area contributed by atoms with Crippen molar-refractivity contribution in [3.05, 3.63) is 42.0 Å². The predicted molar refractivity (Wildman–Crippen MR) is 87.4 cm³/mol. The average Bonchev–Trinajstić information content (AvgIpc) is 2.50. The third kappa shape index (κ3) is 3.10. The smallest absolute Gasteiger partial charge is 0.120 e. The van der Waals surface area contributed by atoms with Crippen molar-refractivity contribution >= 4 is 22.5 Å². The number of rotatable bonds is 4. The van der Waals surface area contributed by atoms with Gasteiger partial charge in [0.1, 0.15) is 5.75 Å². The minimum Gasteiger partial charge on any atom is -0.508 e. The van der Waals surface area contributed by atoms with Crippen molar-refractivity contribution in [2.75, 3.05) is 18.1 Å². The number of hydrogen-bond acceptors (Lipinski definition) is 3. The van der Waals surface area contributed by atoms with Gasteiger partial charge in [-0.05, 0) is 53.6 Å². The van der Waals surface area contributed by atoms with E-state index in [1.54, 1.807) is 6.07 Å². The summed E-state index contributed by atoms with van der Waals surface area (Å²) < 4.78 is 0. The summed E-state index contributed by atoms with van der Waals surface area (Å²) in [6, 6.07) is 12.0. The van der Waals surface area contributed by atoms with E-state index in [4.69, 9.17) is 0 Å². The fourth-order valence-corrected chi connectivity index (χ4v) is 4.07. The van der Waals surface area contributed by atoms with Crippen molar-refractivity contribution in [3.63, 3.8) is 0 Å². The summed E-state index contributed by atoms with van der Waals surface area (Å²) in [5.74, 6) is 3.79. The number of fused-ring (bicyclic) bond motifs is 1. The van der Waals surface area contributed by atoms with E-state index < -0.39 is 0 Å². The first-order valence-corrected chi connectivity index (χ1v) is 8.48. The van der Waals surface area contributed by atoms with E-state index in [-0.39, 0.29) is 0 Å². The van der Waals surface area contributed by atoms with E-state index in [1.165, 1.54) is 29.7 Å². The molecule has 0 atom stereocenters. The van der Waals surface area contributed by atoms with Gasteiger partial charge in [0.25, 0.3) is 0 Å². The molecule has 0 amide bonds. The maximum absolute atomic E-state index is 10.1. The van der Waals surface area contributed by atoms with Crippen LogP contribution in [0.3, 0.4) is 0 Å². The second-order valence-electron chi connectivity index (χ2n) is 5.47. The van der Waals surface area contributed by atoms with Crippen LogP contribution in [0.4, 0.5) is 0 Å². The molecule has 3 rings (SSSR count). The Labute approximate surface area is 124 Å². The fourth-order valence-electron chi connectivity index (χ4n) is 2.86. The minimum atomic E-state index is 0.399. The standard InChI is InChI=1S/C17H21NOS/c19-17-6-5-14-3-1-2-4-15(14)16(17)12-18-11-13-7-9-20-10-8-13/h1-6,13,18-19H,7-12H2. The van der Waals surface area contributed by atoms with Crippen molar-refractivity contribution in [2.24, 2.45) is 5.92 Å². The summed E-state index contributed by atoms with van der Waals surface area (Å²) in [5, 5.41) is 16.0. The van der Waals surface area contributed by atoms with Gasteiger partial charge in [-0.15, -0.1) is 0 Å². The normalized spacial score (nSPS) is 16.6. The summed E-state index contributed by atoms with van der Waals surface area (Å²) in [6.07, 6.45) is 2.64. The SMILES string of the molecule is Oc1ccc2ccccc2c1CNCC1CCSCC1. The van der Waals surface area contributed by atoms with Crippen LogP contribution >= 0.6 is 11.8 Å². The molecule has 0 bridgehead atoms. The lowest BCUT2D eigenvalue weighted by molar-refractivity contribution is 0.437. The highest BCUT2D eigenvalue weighted by atomic mass is 32.2. The number of phenolic OH excluding ortho intramolecular Hbond substituents is 1. The van der Waals surface area contributed by atoms with Crippen molar-refractivity contribution in [1.29, 1.82) is 0 Å². The van der Waals surface area contributed by atoms with Crippen LogP contribution in [0.25, 0.3) is 10.8 Å². The van der Waals surface area contributed by atoms with E-state index in [1.807, 2.05) is 18.2 Å². The van der Waals surface area contributed by atoms with Crippen molar-refractivity contribution in [3.8, 4) is 5.75 Å². The molecule has 0 unspecified atom stereocenters. The zero-order valence-electron chi connectivity index (χ0n) is 11.6. The third-order valence-corrected chi connectivity index (χ3v) is 5.14. The molecule has 0 aromatic heterocycles. The zero-order valence-corrected chi connectivity index (χ0v) is 12.5. The van der Waals surface area contributed by atoms with Crippen LogP contribution in [0.15, 0.2) is 36.4 Å². The molecule has 106 valence electrons. The summed E-state index contributed by atoms with van der Waals surface area (Å²) >= 11 is 2.07. The Kier molecular flexibility index (Phi) is 4.48. The molecule has 2 N–H and O–H groups in total. The Morgan fingerprint density at radius 2 is 1.90 bits per heavy atom. The highest BCUT2D eigenvalue weighted by Gasteiger charge is 2.13. The molecule has 1 saturated heterocycles. The highest BCUT2D eigenvalue weighted by Crippen LogP contribution is 2.27. The third-order valence-electron chi connectivity index (χ3n) is 4.09. The van der Waals surface area contributed by atoms with Gasteiger partial charge < -0.3 is 10.4 Å². The van der Waals surface area contributed by atoms with Gasteiger partial charge in [0.15, 0.2) is 0 Å². The lowest BCUT2D eigenvalue weighted by atomic mass is 10.0. The molecule has 1 fully saturated rings. The Balaban J connectivity index is 1.68. The number of thioether (sulfide) groups is 1. The molecule has 0 aliphatic carbocycles. The number of nitrogens with one attached hydrogen (secondary N) is 1. The maximum Gasteiger partial charge on any atom is 0.120 e. The minimum absolute atomic E-state index is 0.399. The van der Waals surface area contributed by atoms with Gasteiger partial charge in [0, 0.05) is 12.1 Å². The van der Waals surface area contributed by atoms with Gasteiger partial charge >= 0.3 is 0 Å². The Morgan fingerprint density at radius 3 is 2.75 bits per heavy atom. The van der Waals surface area contributed by atoms with Crippen molar-refractivity contribution in [1.82, 2.24) is 5.32 Å². The van der Waals surface area contributed by atoms with Crippen LogP contribution < -0.4 is 5.32 Å². The summed E-state index contributed by atoms with van der Waals surface area (Å²) in [7, 11) is 0. The fraction of sp³-hybridized carbons (Fsp3) is 0.412. The maximum atomic E-state index is 10.1. The quantitative estimate of drug-likeness (QED) is 0.897. The lowest BCUT2D eigenvalue weighted by Crippen LogP contribution is -2.25. The first kappa shape index (κ1) is 13.8. The molecule has 0 spiro atoms. The first-order valence-electron chi connectivity index (χ1n) is 7.32. The molecular weight excluding hydrogens is 266 g/mol. The lowest BCUT2D eigenvalue weighted by Gasteiger charge is -2.22. The molecule has 1 heterocycles. The van der Waals surface area contributed by atoms with E-state index in [2.05, 4.69) is 29.2 Å². The largest absolute Gasteiger partial charge is 0.508 e. The Bertz CT molecular complexity index is 578. The van der Waals surface area contributed by atoms with E-state index >= 15 is 0 Å². The van der Waals surface area contributed by atoms with Crippen molar-refractivity contribution < 1.29 is 5.11 Å². The first-order chi connectivity index (χ1) is 9.84. The molecule has 3 heteroatoms. The molecule has 1 aliphatic rings. The Morgan fingerprint density at radius 1 is 1.10 bits per heavy atom. The number of benzene rings is 2. The second-order valence-corrected chi connectivity index (χ2v) is 6.70. The summed E-state index contributed by atoms with van der Waals surface area (Å²) in [5.41, 5.74) is 1.02. The second kappa shape index (κ2) is 6.51. The molecule has 0 radical (unpaired) electrons. The molecule has 2 aromatic carbocycles. The van der Waals surface area contributed by atoms with Gasteiger partial charge in [0.05, 0.1) is 0 Å². The van der Waals surface area contributed by atoms with Crippen LogP contribution in [0.2, 0.25) is 0 Å². The highest BCUT2D eigenvalue weighted by molar-refractivity contribution is 7.99. The molecule has 2 nitrogen and oxygen atoms in total. The predicted octanol–water partition coefficient (Wildman–Crippen LogP) is 3.78. The average molecular weight is 287 g/mol. The van der Waals surface area contributed by atoms with Crippen LogP contribution in [0, 0.1) is 5.92 Å². The number of aromatic hydroxyl groups is 1. The van der Waals surface area contributed by atoms with E-state index in [9.17, 15) is 5.11 Å². The summed E-state index contributed by atoms with van der Waals surface area (Å²) in [6.45, 7) is 1.81. The van der Waals surface area contributed by atoms with Gasteiger partial charge in [0.2, 0.25) is 0 Å². The van der Waals surface area contributed by atoms with Crippen LogP contribution in [-0.4, -0.2) is 23.2 Å². The van der Waals surface area contributed by atoms with Gasteiger partial charge in [-0.2, -0.15) is 11.8 Å². The van der Waals surface area contributed by atoms with E-state index in [0.29, 0.717) is 5.75 Å². The zero-order chi connectivity index (χ0) is 13.8. The Hall–Kier alpha value is -1.19.